The monoisotopic (exact) mass is 261 g/mol. The van der Waals surface area contributed by atoms with Crippen molar-refractivity contribution in [2.75, 3.05) is 6.54 Å². The van der Waals surface area contributed by atoms with E-state index < -0.39 is 5.97 Å². The lowest BCUT2D eigenvalue weighted by atomic mass is 10.4. The zero-order chi connectivity index (χ0) is 9.68. The Morgan fingerprint density at radius 1 is 1.54 bits per heavy atom. The summed E-state index contributed by atoms with van der Waals surface area (Å²) in [7, 11) is 0. The predicted molar refractivity (Wildman–Crippen MR) is 55.6 cm³/mol. The molecule has 1 rings (SSSR count). The van der Waals surface area contributed by atoms with Crippen LogP contribution in [-0.4, -0.2) is 17.6 Å². The molecule has 0 aromatic heterocycles. The Kier molecular flexibility index (Phi) is 4.27. The van der Waals surface area contributed by atoms with Gasteiger partial charge >= 0.3 is 5.97 Å². The third-order valence-corrected chi connectivity index (χ3v) is 3.06. The average molecular weight is 262 g/mol. The van der Waals surface area contributed by atoms with Crippen LogP contribution in [0.5, 0.6) is 0 Å². The SMILES string of the molecule is O=C(O)CNSc1ccccc1Br. The molecule has 0 amide bonds. The molecule has 2 N–H and O–H groups in total. The largest absolute Gasteiger partial charge is 0.480 e. The van der Waals surface area contributed by atoms with Crippen LogP contribution in [0.1, 0.15) is 0 Å². The third kappa shape index (κ3) is 3.80. The van der Waals surface area contributed by atoms with E-state index in [0.717, 1.165) is 9.37 Å². The van der Waals surface area contributed by atoms with Gasteiger partial charge in [-0.15, -0.1) is 0 Å². The molecule has 1 aromatic rings. The van der Waals surface area contributed by atoms with E-state index in [1.54, 1.807) is 0 Å². The van der Waals surface area contributed by atoms with Gasteiger partial charge in [0, 0.05) is 9.37 Å². The normalized spacial score (nSPS) is 9.92. The van der Waals surface area contributed by atoms with Crippen molar-refractivity contribution in [3.8, 4) is 0 Å². The summed E-state index contributed by atoms with van der Waals surface area (Å²) in [6, 6.07) is 7.62. The van der Waals surface area contributed by atoms with Crippen molar-refractivity contribution in [2.24, 2.45) is 0 Å². The molecule has 0 heterocycles. The summed E-state index contributed by atoms with van der Waals surface area (Å²) in [5, 5.41) is 8.37. The Morgan fingerprint density at radius 2 is 2.23 bits per heavy atom. The van der Waals surface area contributed by atoms with Gasteiger partial charge in [0.2, 0.25) is 0 Å². The van der Waals surface area contributed by atoms with Gasteiger partial charge in [0.05, 0.1) is 0 Å². The van der Waals surface area contributed by atoms with Gasteiger partial charge in [-0.2, -0.15) is 0 Å². The zero-order valence-electron chi connectivity index (χ0n) is 6.66. The highest BCUT2D eigenvalue weighted by Crippen LogP contribution is 2.24. The first kappa shape index (κ1) is 10.6. The maximum absolute atomic E-state index is 10.2. The smallest absolute Gasteiger partial charge is 0.318 e. The lowest BCUT2D eigenvalue weighted by Gasteiger charge is -2.02. The fourth-order valence-electron chi connectivity index (χ4n) is 0.703. The summed E-state index contributed by atoms with van der Waals surface area (Å²) in [5.41, 5.74) is 0. The third-order valence-electron chi connectivity index (χ3n) is 1.24. The molecule has 1 aromatic carbocycles. The lowest BCUT2D eigenvalue weighted by molar-refractivity contribution is -0.135. The predicted octanol–water partition coefficient (Wildman–Crippen LogP) is 2.13. The van der Waals surface area contributed by atoms with Crippen LogP contribution in [0.2, 0.25) is 0 Å². The minimum absolute atomic E-state index is 0.0496. The number of carboxylic acid groups (broad SMARTS) is 1. The second kappa shape index (κ2) is 5.26. The molecule has 0 spiro atoms. The standard InChI is InChI=1S/C8H8BrNO2S/c9-6-3-1-2-4-7(6)13-10-5-8(11)12/h1-4,10H,5H2,(H,11,12). The molecule has 0 saturated heterocycles. The molecule has 0 aliphatic rings. The number of hydrogen-bond acceptors (Lipinski definition) is 3. The molecule has 0 radical (unpaired) electrons. The Morgan fingerprint density at radius 3 is 2.85 bits per heavy atom. The highest BCUT2D eigenvalue weighted by molar-refractivity contribution is 9.10. The quantitative estimate of drug-likeness (QED) is 0.816. The number of carbonyl (C=O) groups is 1. The summed E-state index contributed by atoms with van der Waals surface area (Å²) in [6.45, 7) is -0.0496. The number of nitrogens with one attached hydrogen (secondary N) is 1. The molecule has 3 nitrogen and oxygen atoms in total. The van der Waals surface area contributed by atoms with E-state index in [1.807, 2.05) is 24.3 Å². The maximum atomic E-state index is 10.2. The second-order valence-corrected chi connectivity index (χ2v) is 4.03. The molecule has 70 valence electrons. The number of aliphatic carboxylic acids is 1. The molecule has 0 saturated carbocycles. The fourth-order valence-corrected chi connectivity index (χ4v) is 1.89. The van der Waals surface area contributed by atoms with E-state index >= 15 is 0 Å². The molecular weight excluding hydrogens is 254 g/mol. The molecule has 0 atom stereocenters. The highest BCUT2D eigenvalue weighted by atomic mass is 79.9. The van der Waals surface area contributed by atoms with Gasteiger partial charge in [0.1, 0.15) is 6.54 Å². The molecule has 0 aliphatic carbocycles. The molecule has 0 bridgehead atoms. The van der Waals surface area contributed by atoms with Gasteiger partial charge in [-0.3, -0.25) is 4.79 Å². The van der Waals surface area contributed by atoms with Gasteiger partial charge in [-0.1, -0.05) is 12.1 Å². The number of carboxylic acids is 1. The number of hydrogen-bond donors (Lipinski definition) is 2. The van der Waals surface area contributed by atoms with Gasteiger partial charge in [-0.05, 0) is 40.0 Å². The first-order valence-electron chi connectivity index (χ1n) is 3.56. The number of halogens is 1. The van der Waals surface area contributed by atoms with Crippen molar-refractivity contribution in [1.82, 2.24) is 4.72 Å². The van der Waals surface area contributed by atoms with Crippen LogP contribution >= 0.6 is 27.9 Å². The Labute approximate surface area is 88.8 Å². The molecule has 0 aliphatic heterocycles. The van der Waals surface area contributed by atoms with Crippen LogP contribution in [-0.2, 0) is 4.79 Å². The Bertz CT molecular complexity index is 306. The second-order valence-electron chi connectivity index (χ2n) is 2.25. The van der Waals surface area contributed by atoms with Crippen molar-refractivity contribution >= 4 is 33.8 Å². The first-order chi connectivity index (χ1) is 6.20. The minimum Gasteiger partial charge on any atom is -0.480 e. The summed E-state index contributed by atoms with van der Waals surface area (Å²) >= 11 is 4.65. The van der Waals surface area contributed by atoms with Crippen molar-refractivity contribution in [3.05, 3.63) is 28.7 Å². The fraction of sp³-hybridized carbons (Fsp3) is 0.125. The van der Waals surface area contributed by atoms with E-state index in [4.69, 9.17) is 5.11 Å². The van der Waals surface area contributed by atoms with Crippen LogP contribution in [0.25, 0.3) is 0 Å². The van der Waals surface area contributed by atoms with Crippen LogP contribution in [0.3, 0.4) is 0 Å². The van der Waals surface area contributed by atoms with E-state index in [1.165, 1.54) is 11.9 Å². The van der Waals surface area contributed by atoms with E-state index in [0.29, 0.717) is 0 Å². The summed E-state index contributed by atoms with van der Waals surface area (Å²) < 4.78 is 3.69. The minimum atomic E-state index is -0.862. The zero-order valence-corrected chi connectivity index (χ0v) is 9.06. The Balaban J connectivity index is 2.45. The van der Waals surface area contributed by atoms with Crippen molar-refractivity contribution in [2.45, 2.75) is 4.90 Å². The summed E-state index contributed by atoms with van der Waals surface area (Å²) in [6.07, 6.45) is 0. The molecule has 5 heteroatoms. The van der Waals surface area contributed by atoms with Crippen LogP contribution in [0, 0.1) is 0 Å². The van der Waals surface area contributed by atoms with Gasteiger partial charge in [-0.25, -0.2) is 4.72 Å². The number of rotatable bonds is 4. The van der Waals surface area contributed by atoms with E-state index in [-0.39, 0.29) is 6.54 Å². The highest BCUT2D eigenvalue weighted by Gasteiger charge is 2.00. The van der Waals surface area contributed by atoms with Gasteiger partial charge in [0.25, 0.3) is 0 Å². The molecule has 0 fully saturated rings. The number of benzene rings is 1. The summed E-state index contributed by atoms with van der Waals surface area (Å²) in [4.78, 5) is 11.2. The van der Waals surface area contributed by atoms with Gasteiger partial charge < -0.3 is 5.11 Å². The molecular formula is C8H8BrNO2S. The van der Waals surface area contributed by atoms with E-state index in [9.17, 15) is 4.79 Å². The molecule has 13 heavy (non-hydrogen) atoms. The van der Waals surface area contributed by atoms with Crippen molar-refractivity contribution in [3.63, 3.8) is 0 Å². The topological polar surface area (TPSA) is 49.3 Å². The van der Waals surface area contributed by atoms with Crippen LogP contribution < -0.4 is 4.72 Å². The Hall–Kier alpha value is -0.520. The van der Waals surface area contributed by atoms with Crippen molar-refractivity contribution in [1.29, 1.82) is 0 Å². The van der Waals surface area contributed by atoms with Crippen LogP contribution in [0.15, 0.2) is 33.6 Å². The molecule has 0 unspecified atom stereocenters. The van der Waals surface area contributed by atoms with E-state index in [2.05, 4.69) is 20.7 Å². The first-order valence-corrected chi connectivity index (χ1v) is 5.17. The van der Waals surface area contributed by atoms with Crippen molar-refractivity contribution < 1.29 is 9.90 Å². The maximum Gasteiger partial charge on any atom is 0.318 e. The summed E-state index contributed by atoms with van der Waals surface area (Å²) in [5.74, 6) is -0.862. The van der Waals surface area contributed by atoms with Gasteiger partial charge in [0.15, 0.2) is 0 Å². The average Bonchev–Trinajstić information content (AvgIpc) is 2.08. The van der Waals surface area contributed by atoms with Crippen LogP contribution in [0.4, 0.5) is 0 Å². The lowest BCUT2D eigenvalue weighted by Crippen LogP contribution is -2.15.